The fraction of sp³-hybridized carbons (Fsp3) is 0.250. The molecule has 0 radical (unpaired) electrons. The van der Waals surface area contributed by atoms with Crippen molar-refractivity contribution in [3.63, 3.8) is 0 Å². The average molecular weight is 539 g/mol. The van der Waals surface area contributed by atoms with Crippen molar-refractivity contribution in [1.82, 2.24) is 0 Å². The molecule has 178 valence electrons. The minimum Gasteiger partial charge on any atom is -0.144 e. The SMILES string of the molecule is CC#Cc1c2cc(C(C)(CC)c3cc4c(C)c5sccc5c(C)c4s3)sc2c(C#CC)c2ccsc12. The van der Waals surface area contributed by atoms with Crippen LogP contribution in [-0.2, 0) is 5.41 Å². The number of rotatable bonds is 3. The molecule has 0 fully saturated rings. The first-order valence-corrected chi connectivity index (χ1v) is 15.5. The quantitative estimate of drug-likeness (QED) is 0.197. The van der Waals surface area contributed by atoms with Gasteiger partial charge in [0.2, 0.25) is 0 Å². The fourth-order valence-electron chi connectivity index (χ4n) is 5.31. The molecular weight excluding hydrogens is 513 g/mol. The molecule has 1 unspecified atom stereocenters. The summed E-state index contributed by atoms with van der Waals surface area (Å²) in [5.74, 6) is 13.2. The molecule has 0 amide bonds. The maximum Gasteiger partial charge on any atom is 0.0522 e. The maximum absolute atomic E-state index is 3.45. The van der Waals surface area contributed by atoms with Crippen molar-refractivity contribution in [2.24, 2.45) is 0 Å². The Hall–Kier alpha value is -2.60. The third-order valence-corrected chi connectivity index (χ3v) is 12.5. The fourth-order valence-corrected chi connectivity index (χ4v) is 10.1. The van der Waals surface area contributed by atoms with Gasteiger partial charge in [-0.05, 0) is 98.0 Å². The third-order valence-electron chi connectivity index (χ3n) is 7.57. The Morgan fingerprint density at radius 3 is 1.92 bits per heavy atom. The zero-order chi connectivity index (χ0) is 25.2. The molecule has 36 heavy (non-hydrogen) atoms. The van der Waals surface area contributed by atoms with E-state index >= 15 is 0 Å². The molecule has 2 aromatic carbocycles. The standard InChI is InChI=1S/C32H26S4/c1-7-10-21-23-13-15-34-30(23)22(11-8-2)25-17-27(36-31(21)25)32(6,9-3)26-16-24-19(5)28-20(12-14-33-28)18(4)29(24)35-26/h12-17H,9H2,1-6H3. The summed E-state index contributed by atoms with van der Waals surface area (Å²) in [6, 6.07) is 9.39. The van der Waals surface area contributed by atoms with E-state index in [9.17, 15) is 0 Å². The third kappa shape index (κ3) is 3.26. The molecule has 0 N–H and O–H groups in total. The molecule has 0 bridgehead atoms. The monoisotopic (exact) mass is 538 g/mol. The van der Waals surface area contributed by atoms with Crippen LogP contribution in [0.3, 0.4) is 0 Å². The Kier molecular flexibility index (Phi) is 5.78. The summed E-state index contributed by atoms with van der Waals surface area (Å²) >= 11 is 7.53. The zero-order valence-electron chi connectivity index (χ0n) is 21.3. The lowest BCUT2D eigenvalue weighted by molar-refractivity contribution is 0.573. The molecule has 0 spiro atoms. The van der Waals surface area contributed by atoms with Crippen LogP contribution in [0.1, 0.15) is 66.1 Å². The molecule has 0 aliphatic rings. The van der Waals surface area contributed by atoms with E-state index in [0.717, 1.165) is 17.5 Å². The van der Waals surface area contributed by atoms with Gasteiger partial charge in [0.05, 0.1) is 20.5 Å². The summed E-state index contributed by atoms with van der Waals surface area (Å²) in [5.41, 5.74) is 5.08. The first-order chi connectivity index (χ1) is 17.4. The van der Waals surface area contributed by atoms with Crippen molar-refractivity contribution >= 4 is 85.7 Å². The van der Waals surface area contributed by atoms with Gasteiger partial charge in [-0.15, -0.1) is 57.2 Å². The van der Waals surface area contributed by atoms with Crippen molar-refractivity contribution in [1.29, 1.82) is 0 Å². The second-order valence-corrected chi connectivity index (χ2v) is 13.4. The zero-order valence-corrected chi connectivity index (χ0v) is 24.6. The molecule has 0 saturated carbocycles. The van der Waals surface area contributed by atoms with E-state index in [2.05, 4.69) is 86.4 Å². The molecule has 6 aromatic rings. The van der Waals surface area contributed by atoms with Gasteiger partial charge in [0.1, 0.15) is 0 Å². The van der Waals surface area contributed by atoms with Gasteiger partial charge in [0.15, 0.2) is 0 Å². The van der Waals surface area contributed by atoms with Gasteiger partial charge in [0.25, 0.3) is 0 Å². The first kappa shape index (κ1) is 23.8. The molecule has 0 nitrogen and oxygen atoms in total. The van der Waals surface area contributed by atoms with Gasteiger partial charge in [-0.1, -0.05) is 18.8 Å². The largest absolute Gasteiger partial charge is 0.144 e. The Bertz CT molecular complexity index is 1820. The Morgan fingerprint density at radius 2 is 1.25 bits per heavy atom. The van der Waals surface area contributed by atoms with E-state index in [1.807, 2.05) is 47.9 Å². The first-order valence-electron chi connectivity index (χ1n) is 12.2. The molecule has 6 rings (SSSR count). The van der Waals surface area contributed by atoms with Crippen LogP contribution >= 0.6 is 45.3 Å². The second-order valence-electron chi connectivity index (χ2n) is 9.47. The van der Waals surface area contributed by atoms with Crippen LogP contribution in [0.25, 0.3) is 40.3 Å². The topological polar surface area (TPSA) is 0 Å². The van der Waals surface area contributed by atoms with E-state index in [0.29, 0.717) is 0 Å². The summed E-state index contributed by atoms with van der Waals surface area (Å²) in [5, 5.41) is 9.70. The highest BCUT2D eigenvalue weighted by atomic mass is 32.1. The van der Waals surface area contributed by atoms with E-state index in [1.165, 1.54) is 61.2 Å². The van der Waals surface area contributed by atoms with Gasteiger partial charge in [0, 0.05) is 35.3 Å². The molecular formula is C32H26S4. The molecule has 0 aliphatic carbocycles. The number of aryl methyl sites for hydroxylation is 2. The van der Waals surface area contributed by atoms with Crippen molar-refractivity contribution < 1.29 is 0 Å². The number of thiophene rings is 4. The number of hydrogen-bond donors (Lipinski definition) is 0. The van der Waals surface area contributed by atoms with Crippen molar-refractivity contribution in [2.45, 2.75) is 53.4 Å². The molecule has 4 heterocycles. The molecule has 0 saturated heterocycles. The average Bonchev–Trinajstić information content (AvgIpc) is 3.68. The molecule has 4 heteroatoms. The lowest BCUT2D eigenvalue weighted by Crippen LogP contribution is -2.19. The number of fused-ring (bicyclic) bond motifs is 4. The van der Waals surface area contributed by atoms with Gasteiger partial charge < -0.3 is 0 Å². The van der Waals surface area contributed by atoms with Crippen LogP contribution in [-0.4, -0.2) is 0 Å². The van der Waals surface area contributed by atoms with Crippen LogP contribution in [0.5, 0.6) is 0 Å². The smallest absolute Gasteiger partial charge is 0.0522 e. The Labute approximate surface area is 228 Å². The minimum absolute atomic E-state index is 0.0685. The lowest BCUT2D eigenvalue weighted by atomic mass is 9.83. The van der Waals surface area contributed by atoms with Gasteiger partial charge in [-0.2, -0.15) is 0 Å². The lowest BCUT2D eigenvalue weighted by Gasteiger charge is -2.25. The van der Waals surface area contributed by atoms with Gasteiger partial charge >= 0.3 is 0 Å². The summed E-state index contributed by atoms with van der Waals surface area (Å²) in [4.78, 5) is 2.85. The van der Waals surface area contributed by atoms with Crippen molar-refractivity contribution in [3.05, 3.63) is 67.0 Å². The maximum atomic E-state index is 3.45. The number of hydrogen-bond acceptors (Lipinski definition) is 4. The van der Waals surface area contributed by atoms with Gasteiger partial charge in [-0.25, -0.2) is 0 Å². The van der Waals surface area contributed by atoms with Crippen molar-refractivity contribution in [3.8, 4) is 23.7 Å². The van der Waals surface area contributed by atoms with Crippen LogP contribution in [0.15, 0.2) is 35.0 Å². The summed E-state index contributed by atoms with van der Waals surface area (Å²) in [7, 11) is 0. The highest BCUT2D eigenvalue weighted by Gasteiger charge is 2.33. The Morgan fingerprint density at radius 1 is 0.694 bits per heavy atom. The second kappa shape index (κ2) is 8.76. The molecule has 4 aromatic heterocycles. The Balaban J connectivity index is 1.65. The van der Waals surface area contributed by atoms with Crippen LogP contribution in [0.2, 0.25) is 0 Å². The highest BCUT2D eigenvalue weighted by molar-refractivity contribution is 7.22. The molecule has 0 aliphatic heterocycles. The normalized spacial score (nSPS) is 13.2. The van der Waals surface area contributed by atoms with E-state index in [-0.39, 0.29) is 5.41 Å². The van der Waals surface area contributed by atoms with Crippen LogP contribution in [0.4, 0.5) is 0 Å². The van der Waals surface area contributed by atoms with E-state index in [1.54, 1.807) is 11.3 Å². The van der Waals surface area contributed by atoms with Crippen LogP contribution in [0, 0.1) is 37.5 Å². The summed E-state index contributed by atoms with van der Waals surface area (Å²) in [6.45, 7) is 13.2. The predicted octanol–water partition coefficient (Wildman–Crippen LogP) is 10.6. The highest BCUT2D eigenvalue weighted by Crippen LogP contribution is 2.50. The predicted molar refractivity (Wildman–Crippen MR) is 166 cm³/mol. The number of benzene rings is 2. The molecule has 1 atom stereocenters. The van der Waals surface area contributed by atoms with Crippen LogP contribution < -0.4 is 0 Å². The van der Waals surface area contributed by atoms with E-state index in [4.69, 9.17) is 0 Å². The van der Waals surface area contributed by atoms with Crippen molar-refractivity contribution in [2.75, 3.05) is 0 Å². The minimum atomic E-state index is -0.0685. The summed E-state index contributed by atoms with van der Waals surface area (Å²) in [6.07, 6.45) is 1.04. The van der Waals surface area contributed by atoms with Gasteiger partial charge in [-0.3, -0.25) is 0 Å². The summed E-state index contributed by atoms with van der Waals surface area (Å²) < 4.78 is 5.39. The van der Waals surface area contributed by atoms with E-state index < -0.39 is 0 Å².